The van der Waals surface area contributed by atoms with Crippen LogP contribution >= 0.6 is 11.6 Å². The van der Waals surface area contributed by atoms with Crippen LogP contribution in [0.5, 0.6) is 5.75 Å². The maximum Gasteiger partial charge on any atom is 0.138 e. The Morgan fingerprint density at radius 3 is 2.00 bits per heavy atom. The Kier molecular flexibility index (Phi) is 14.3. The van der Waals surface area contributed by atoms with E-state index in [4.69, 9.17) is 21.1 Å². The van der Waals surface area contributed by atoms with Crippen LogP contribution in [0.2, 0.25) is 5.02 Å². The van der Waals surface area contributed by atoms with Gasteiger partial charge in [0.25, 0.3) is 0 Å². The summed E-state index contributed by atoms with van der Waals surface area (Å²) in [6.45, 7) is 7.86. The first-order chi connectivity index (χ1) is 16.1. The second kappa shape index (κ2) is 17.0. The van der Waals surface area contributed by atoms with Crippen molar-refractivity contribution in [3.05, 3.63) is 53.1 Å². The first-order valence-electron chi connectivity index (χ1n) is 13.3. The first-order valence-corrected chi connectivity index (χ1v) is 13.6. The normalized spacial score (nSPS) is 12.1. The number of hydrogen-bond donors (Lipinski definition) is 0. The predicted octanol–water partition coefficient (Wildman–Crippen LogP) is 9.66. The molecule has 2 nitrogen and oxygen atoms in total. The van der Waals surface area contributed by atoms with Crippen LogP contribution in [-0.4, -0.2) is 19.3 Å². The van der Waals surface area contributed by atoms with E-state index < -0.39 is 0 Å². The van der Waals surface area contributed by atoms with Gasteiger partial charge in [0, 0.05) is 6.61 Å². The molecule has 184 valence electrons. The number of aryl methyl sites for hydroxylation is 1. The summed E-state index contributed by atoms with van der Waals surface area (Å²) in [5.74, 6) is 0.720. The van der Waals surface area contributed by atoms with Gasteiger partial charge in [0.2, 0.25) is 0 Å². The highest BCUT2D eigenvalue weighted by atomic mass is 35.5. The molecule has 33 heavy (non-hydrogen) atoms. The van der Waals surface area contributed by atoms with E-state index in [9.17, 15) is 0 Å². The van der Waals surface area contributed by atoms with Gasteiger partial charge < -0.3 is 9.47 Å². The fourth-order valence-corrected chi connectivity index (χ4v) is 4.25. The molecule has 2 aromatic carbocycles. The second-order valence-corrected chi connectivity index (χ2v) is 9.67. The van der Waals surface area contributed by atoms with E-state index in [1.54, 1.807) is 0 Å². The number of ether oxygens (including phenoxy) is 2. The quantitative estimate of drug-likeness (QED) is 0.201. The average molecular weight is 473 g/mol. The van der Waals surface area contributed by atoms with Crippen LogP contribution in [-0.2, 0) is 11.2 Å². The highest BCUT2D eigenvalue weighted by molar-refractivity contribution is 6.32. The van der Waals surface area contributed by atoms with E-state index in [2.05, 4.69) is 51.1 Å². The highest BCUT2D eigenvalue weighted by Crippen LogP contribution is 2.31. The van der Waals surface area contributed by atoms with Crippen LogP contribution in [0.1, 0.15) is 97.0 Å². The topological polar surface area (TPSA) is 18.5 Å². The fourth-order valence-electron chi connectivity index (χ4n) is 4.02. The van der Waals surface area contributed by atoms with Crippen molar-refractivity contribution in [1.82, 2.24) is 0 Å². The van der Waals surface area contributed by atoms with Gasteiger partial charge in [0.05, 0.1) is 11.1 Å². The summed E-state index contributed by atoms with van der Waals surface area (Å²) in [5, 5.41) is 0.648. The molecular formula is C30H45ClO2. The lowest BCUT2D eigenvalue weighted by Crippen LogP contribution is -2.18. The van der Waals surface area contributed by atoms with E-state index in [0.717, 1.165) is 24.3 Å². The minimum absolute atomic E-state index is 0.0613. The number of halogens is 1. The van der Waals surface area contributed by atoms with Crippen molar-refractivity contribution in [1.29, 1.82) is 0 Å². The van der Waals surface area contributed by atoms with Crippen molar-refractivity contribution in [2.45, 2.75) is 104 Å². The summed E-state index contributed by atoms with van der Waals surface area (Å²) in [6.07, 6.45) is 15.6. The standard InChI is InChI=1S/C30H45ClO2/c1-4-6-8-10-11-12-13-15-26-16-18-27(19-17-26)28-20-21-30(29(31)23-28)33-24-25(3)32-22-14-9-7-5-2/h16-21,23,25H,4-15,22,24H2,1-3H3. The summed E-state index contributed by atoms with van der Waals surface area (Å²) in [6, 6.07) is 15.0. The van der Waals surface area contributed by atoms with Gasteiger partial charge in [-0.3, -0.25) is 0 Å². The summed E-state index contributed by atoms with van der Waals surface area (Å²) < 4.78 is 11.8. The van der Waals surface area contributed by atoms with E-state index >= 15 is 0 Å². The van der Waals surface area contributed by atoms with Gasteiger partial charge in [0.15, 0.2) is 0 Å². The van der Waals surface area contributed by atoms with E-state index in [1.807, 2.05) is 12.1 Å². The largest absolute Gasteiger partial charge is 0.489 e. The Hall–Kier alpha value is -1.51. The van der Waals surface area contributed by atoms with Crippen LogP contribution in [0.4, 0.5) is 0 Å². The maximum absolute atomic E-state index is 6.52. The zero-order chi connectivity index (χ0) is 23.7. The Bertz CT molecular complexity index is 756. The van der Waals surface area contributed by atoms with E-state index in [0.29, 0.717) is 11.6 Å². The number of unbranched alkanes of at least 4 members (excludes halogenated alkanes) is 9. The van der Waals surface area contributed by atoms with Crippen LogP contribution in [0.3, 0.4) is 0 Å². The molecule has 0 saturated heterocycles. The van der Waals surface area contributed by atoms with Crippen molar-refractivity contribution >= 4 is 11.6 Å². The van der Waals surface area contributed by atoms with Gasteiger partial charge in [-0.1, -0.05) is 114 Å². The molecule has 3 heteroatoms. The van der Waals surface area contributed by atoms with Crippen molar-refractivity contribution in [2.75, 3.05) is 13.2 Å². The zero-order valence-corrected chi connectivity index (χ0v) is 22.0. The summed E-state index contributed by atoms with van der Waals surface area (Å²) in [5.41, 5.74) is 3.73. The van der Waals surface area contributed by atoms with Crippen molar-refractivity contribution in [3.63, 3.8) is 0 Å². The molecule has 0 N–H and O–H groups in total. The molecule has 0 radical (unpaired) electrons. The van der Waals surface area contributed by atoms with Gasteiger partial charge in [-0.2, -0.15) is 0 Å². The first kappa shape index (κ1) is 27.7. The number of benzene rings is 2. The molecule has 0 amide bonds. The average Bonchev–Trinajstić information content (AvgIpc) is 2.83. The predicted molar refractivity (Wildman–Crippen MR) is 144 cm³/mol. The molecule has 0 spiro atoms. The van der Waals surface area contributed by atoms with E-state index in [-0.39, 0.29) is 6.10 Å². The second-order valence-electron chi connectivity index (χ2n) is 9.27. The van der Waals surface area contributed by atoms with Gasteiger partial charge in [0.1, 0.15) is 12.4 Å². The minimum Gasteiger partial charge on any atom is -0.489 e. The third kappa shape index (κ3) is 11.5. The Balaban J connectivity index is 1.74. The van der Waals surface area contributed by atoms with Crippen LogP contribution in [0.15, 0.2) is 42.5 Å². The Morgan fingerprint density at radius 2 is 1.33 bits per heavy atom. The molecule has 0 aromatic heterocycles. The highest BCUT2D eigenvalue weighted by Gasteiger charge is 2.08. The Labute approximate surface area is 208 Å². The van der Waals surface area contributed by atoms with Crippen LogP contribution < -0.4 is 4.74 Å². The minimum atomic E-state index is 0.0613. The molecular weight excluding hydrogens is 428 g/mol. The lowest BCUT2D eigenvalue weighted by atomic mass is 10.0. The summed E-state index contributed by atoms with van der Waals surface area (Å²) in [7, 11) is 0. The number of rotatable bonds is 18. The molecule has 0 heterocycles. The molecule has 2 rings (SSSR count). The van der Waals surface area contributed by atoms with Crippen LogP contribution in [0, 0.1) is 0 Å². The van der Waals surface area contributed by atoms with Gasteiger partial charge in [-0.05, 0) is 55.0 Å². The zero-order valence-electron chi connectivity index (χ0n) is 21.2. The van der Waals surface area contributed by atoms with Crippen molar-refractivity contribution < 1.29 is 9.47 Å². The molecule has 0 aliphatic rings. The van der Waals surface area contributed by atoms with Crippen molar-refractivity contribution in [3.8, 4) is 16.9 Å². The van der Waals surface area contributed by atoms with Gasteiger partial charge in [-0.25, -0.2) is 0 Å². The lowest BCUT2D eigenvalue weighted by molar-refractivity contribution is 0.0303. The molecule has 0 fully saturated rings. The summed E-state index contributed by atoms with van der Waals surface area (Å²) in [4.78, 5) is 0. The van der Waals surface area contributed by atoms with E-state index in [1.165, 1.54) is 81.8 Å². The summed E-state index contributed by atoms with van der Waals surface area (Å²) >= 11 is 6.52. The smallest absolute Gasteiger partial charge is 0.138 e. The molecule has 2 aromatic rings. The molecule has 0 aliphatic carbocycles. The molecule has 0 saturated carbocycles. The van der Waals surface area contributed by atoms with Gasteiger partial charge >= 0.3 is 0 Å². The van der Waals surface area contributed by atoms with Crippen molar-refractivity contribution in [2.24, 2.45) is 0 Å². The van der Waals surface area contributed by atoms with Gasteiger partial charge in [-0.15, -0.1) is 0 Å². The Morgan fingerprint density at radius 1 is 0.727 bits per heavy atom. The molecule has 0 bridgehead atoms. The lowest BCUT2D eigenvalue weighted by Gasteiger charge is -2.15. The number of hydrogen-bond acceptors (Lipinski definition) is 2. The third-order valence-corrected chi connectivity index (χ3v) is 6.46. The fraction of sp³-hybridized carbons (Fsp3) is 0.600. The third-order valence-electron chi connectivity index (χ3n) is 6.16. The molecule has 1 atom stereocenters. The van der Waals surface area contributed by atoms with Crippen LogP contribution in [0.25, 0.3) is 11.1 Å². The SMILES string of the molecule is CCCCCCCCCc1ccc(-c2ccc(OCC(C)OCCCCCC)c(Cl)c2)cc1. The monoisotopic (exact) mass is 472 g/mol. The molecule has 1 unspecified atom stereocenters. The molecule has 0 aliphatic heterocycles. The maximum atomic E-state index is 6.52.